The van der Waals surface area contributed by atoms with Gasteiger partial charge >= 0.3 is 5.69 Å². The molecular formula is C24H31N5O2. The van der Waals surface area contributed by atoms with Gasteiger partial charge in [0.2, 0.25) is 5.91 Å². The number of pyridine rings is 1. The maximum atomic E-state index is 13.0. The standard InChI is InChI=1S/C24H31N5O2/c1-24(2,3)16-29-21-19(8-10-26-22(21)27(4)23(29)31)18-7-5-6-17(14-18)15-28-12-9-20(30)25-11-13-28/h5-8,10,14H,9,11-13,15-16H2,1-4H3,(H,25,30). The van der Waals surface area contributed by atoms with Crippen LogP contribution < -0.4 is 11.0 Å². The number of fused-ring (bicyclic) bond motifs is 1. The summed E-state index contributed by atoms with van der Waals surface area (Å²) in [7, 11) is 1.78. The van der Waals surface area contributed by atoms with Crippen molar-refractivity contribution in [2.24, 2.45) is 12.5 Å². The van der Waals surface area contributed by atoms with E-state index in [4.69, 9.17) is 0 Å². The van der Waals surface area contributed by atoms with E-state index in [0.29, 0.717) is 25.2 Å². The maximum absolute atomic E-state index is 13.0. The molecule has 31 heavy (non-hydrogen) atoms. The number of rotatable bonds is 4. The summed E-state index contributed by atoms with van der Waals surface area (Å²) >= 11 is 0. The SMILES string of the molecule is Cn1c(=O)n(CC(C)(C)C)c2c(-c3cccc(CN4CCNC(=O)CC4)c3)ccnc21. The van der Waals surface area contributed by atoms with Gasteiger partial charge in [0.1, 0.15) is 0 Å². The van der Waals surface area contributed by atoms with Crippen molar-refractivity contribution in [3.8, 4) is 11.1 Å². The number of nitrogens with zero attached hydrogens (tertiary/aromatic N) is 4. The molecule has 0 bridgehead atoms. The maximum Gasteiger partial charge on any atom is 0.330 e. The van der Waals surface area contributed by atoms with Crippen LogP contribution in [0.4, 0.5) is 0 Å². The molecule has 0 unspecified atom stereocenters. The van der Waals surface area contributed by atoms with Crippen molar-refractivity contribution >= 4 is 17.1 Å². The van der Waals surface area contributed by atoms with E-state index in [9.17, 15) is 9.59 Å². The van der Waals surface area contributed by atoms with Crippen molar-refractivity contribution in [1.82, 2.24) is 24.3 Å². The molecule has 0 atom stereocenters. The van der Waals surface area contributed by atoms with Crippen LogP contribution in [0, 0.1) is 5.41 Å². The van der Waals surface area contributed by atoms with Crippen LogP contribution in [-0.2, 0) is 24.9 Å². The first-order valence-electron chi connectivity index (χ1n) is 10.9. The first-order chi connectivity index (χ1) is 14.7. The first kappa shape index (κ1) is 21.3. The lowest BCUT2D eigenvalue weighted by Gasteiger charge is -2.20. The highest BCUT2D eigenvalue weighted by atomic mass is 16.2. The summed E-state index contributed by atoms with van der Waals surface area (Å²) in [5.41, 5.74) is 4.79. The zero-order valence-corrected chi connectivity index (χ0v) is 18.8. The van der Waals surface area contributed by atoms with Crippen LogP contribution in [0.2, 0.25) is 0 Å². The van der Waals surface area contributed by atoms with Crippen LogP contribution in [0.25, 0.3) is 22.3 Å². The highest BCUT2D eigenvalue weighted by molar-refractivity contribution is 5.90. The molecule has 1 aliphatic rings. The van der Waals surface area contributed by atoms with Crippen molar-refractivity contribution in [3.05, 3.63) is 52.6 Å². The third-order valence-electron chi connectivity index (χ3n) is 5.69. The fourth-order valence-electron chi connectivity index (χ4n) is 4.24. The number of hydrogen-bond acceptors (Lipinski definition) is 4. The number of aryl methyl sites for hydroxylation is 1. The number of carbonyl (C=O) groups excluding carboxylic acids is 1. The van der Waals surface area contributed by atoms with E-state index in [2.05, 4.69) is 60.2 Å². The normalized spacial score (nSPS) is 15.8. The highest BCUT2D eigenvalue weighted by Crippen LogP contribution is 2.29. The van der Waals surface area contributed by atoms with Gasteiger partial charge in [-0.15, -0.1) is 0 Å². The summed E-state index contributed by atoms with van der Waals surface area (Å²) in [6.45, 7) is 10.1. The van der Waals surface area contributed by atoms with E-state index in [-0.39, 0.29) is 17.0 Å². The van der Waals surface area contributed by atoms with Gasteiger partial charge in [0.25, 0.3) is 0 Å². The van der Waals surface area contributed by atoms with Crippen molar-refractivity contribution in [2.45, 2.75) is 40.3 Å². The Morgan fingerprint density at radius 1 is 1.13 bits per heavy atom. The molecule has 2 aromatic heterocycles. The minimum Gasteiger partial charge on any atom is -0.355 e. The van der Waals surface area contributed by atoms with Crippen molar-refractivity contribution in [3.63, 3.8) is 0 Å². The Morgan fingerprint density at radius 3 is 2.71 bits per heavy atom. The molecule has 0 aliphatic carbocycles. The minimum absolute atomic E-state index is 0.0364. The van der Waals surface area contributed by atoms with E-state index in [1.165, 1.54) is 5.56 Å². The van der Waals surface area contributed by atoms with Gasteiger partial charge in [0.15, 0.2) is 5.65 Å². The Labute approximate surface area is 182 Å². The zero-order valence-electron chi connectivity index (χ0n) is 18.8. The molecule has 1 aliphatic heterocycles. The summed E-state index contributed by atoms with van der Waals surface area (Å²) < 4.78 is 3.49. The van der Waals surface area contributed by atoms with Gasteiger partial charge < -0.3 is 5.32 Å². The molecule has 0 saturated carbocycles. The molecule has 1 aromatic carbocycles. The number of imidazole rings is 1. The molecule has 0 radical (unpaired) electrons. The van der Waals surface area contributed by atoms with Crippen LogP contribution in [0.3, 0.4) is 0 Å². The van der Waals surface area contributed by atoms with Gasteiger partial charge in [-0.1, -0.05) is 39.0 Å². The van der Waals surface area contributed by atoms with E-state index in [0.717, 1.165) is 36.3 Å². The smallest absolute Gasteiger partial charge is 0.330 e. The Bertz CT molecular complexity index is 1170. The molecule has 1 saturated heterocycles. The monoisotopic (exact) mass is 421 g/mol. The van der Waals surface area contributed by atoms with E-state index in [1.54, 1.807) is 17.8 Å². The third kappa shape index (κ3) is 4.56. The average Bonchev–Trinajstić information content (AvgIpc) is 2.85. The number of aromatic nitrogens is 3. The van der Waals surface area contributed by atoms with Crippen LogP contribution in [-0.4, -0.2) is 44.6 Å². The molecule has 0 spiro atoms. The predicted molar refractivity (Wildman–Crippen MR) is 123 cm³/mol. The second-order valence-electron chi connectivity index (χ2n) is 9.60. The zero-order chi connectivity index (χ0) is 22.2. The summed E-state index contributed by atoms with van der Waals surface area (Å²) in [5, 5.41) is 2.93. The van der Waals surface area contributed by atoms with Crippen molar-refractivity contribution in [2.75, 3.05) is 19.6 Å². The predicted octanol–water partition coefficient (Wildman–Crippen LogP) is 2.77. The molecular weight excluding hydrogens is 390 g/mol. The lowest BCUT2D eigenvalue weighted by molar-refractivity contribution is -0.120. The first-order valence-corrected chi connectivity index (χ1v) is 10.9. The fraction of sp³-hybridized carbons (Fsp3) is 0.458. The molecule has 7 nitrogen and oxygen atoms in total. The van der Waals surface area contributed by atoms with Crippen molar-refractivity contribution in [1.29, 1.82) is 0 Å². The second-order valence-corrected chi connectivity index (χ2v) is 9.60. The summed E-state index contributed by atoms with van der Waals surface area (Å²) in [5.74, 6) is 0.122. The molecule has 1 amide bonds. The number of benzene rings is 1. The number of hydrogen-bond donors (Lipinski definition) is 1. The molecule has 4 rings (SSSR count). The van der Waals surface area contributed by atoms with Gasteiger partial charge in [0, 0.05) is 58.0 Å². The Kier molecular flexibility index (Phi) is 5.71. The summed E-state index contributed by atoms with van der Waals surface area (Å²) in [4.78, 5) is 31.4. The average molecular weight is 422 g/mol. The van der Waals surface area contributed by atoms with Crippen LogP contribution in [0.1, 0.15) is 32.8 Å². The Balaban J connectivity index is 1.74. The summed E-state index contributed by atoms with van der Waals surface area (Å²) in [6.07, 6.45) is 2.31. The molecule has 1 N–H and O–H groups in total. The molecule has 164 valence electrons. The fourth-order valence-corrected chi connectivity index (χ4v) is 4.24. The molecule has 7 heteroatoms. The number of amides is 1. The number of nitrogens with one attached hydrogen (secondary N) is 1. The van der Waals surface area contributed by atoms with E-state index < -0.39 is 0 Å². The minimum atomic E-state index is -0.0391. The second kappa shape index (κ2) is 8.30. The number of carbonyl (C=O) groups is 1. The van der Waals surface area contributed by atoms with Gasteiger partial charge in [-0.05, 0) is 28.7 Å². The van der Waals surface area contributed by atoms with Crippen LogP contribution in [0.5, 0.6) is 0 Å². The largest absolute Gasteiger partial charge is 0.355 e. The van der Waals surface area contributed by atoms with Gasteiger partial charge in [-0.2, -0.15) is 0 Å². The highest BCUT2D eigenvalue weighted by Gasteiger charge is 2.21. The van der Waals surface area contributed by atoms with Crippen LogP contribution in [0.15, 0.2) is 41.3 Å². The third-order valence-corrected chi connectivity index (χ3v) is 5.69. The summed E-state index contributed by atoms with van der Waals surface area (Å²) in [6, 6.07) is 10.5. The quantitative estimate of drug-likeness (QED) is 0.703. The van der Waals surface area contributed by atoms with E-state index >= 15 is 0 Å². The van der Waals surface area contributed by atoms with Gasteiger partial charge in [-0.3, -0.25) is 18.8 Å². The van der Waals surface area contributed by atoms with Crippen molar-refractivity contribution < 1.29 is 4.79 Å². The van der Waals surface area contributed by atoms with Gasteiger partial charge in [-0.25, -0.2) is 9.78 Å². The lowest BCUT2D eigenvalue weighted by atomic mass is 9.96. The molecule has 1 fully saturated rings. The lowest BCUT2D eigenvalue weighted by Crippen LogP contribution is -2.28. The molecule has 3 heterocycles. The topological polar surface area (TPSA) is 72.2 Å². The Morgan fingerprint density at radius 2 is 1.94 bits per heavy atom. The Hall–Kier alpha value is -2.93. The van der Waals surface area contributed by atoms with Gasteiger partial charge in [0.05, 0.1) is 5.52 Å². The van der Waals surface area contributed by atoms with E-state index in [1.807, 2.05) is 10.6 Å². The van der Waals surface area contributed by atoms with Crippen LogP contribution >= 0.6 is 0 Å². The molecule has 3 aromatic rings.